The van der Waals surface area contributed by atoms with Gasteiger partial charge < -0.3 is 4.74 Å². The van der Waals surface area contributed by atoms with Crippen molar-refractivity contribution in [1.82, 2.24) is 9.03 Å². The molecular weight excluding hydrogens is 460 g/mol. The Morgan fingerprint density at radius 2 is 1.70 bits per heavy atom. The molecular formula is C24H34N2O5S2. The third-order valence-electron chi connectivity index (χ3n) is 5.89. The fourth-order valence-electron chi connectivity index (χ4n) is 4.03. The first kappa shape index (κ1) is 25.7. The zero-order chi connectivity index (χ0) is 24.1. The number of benzene rings is 2. The number of nitrogens with zero attached hydrogens (tertiary/aromatic N) is 1. The molecule has 0 aliphatic carbocycles. The van der Waals surface area contributed by atoms with Gasteiger partial charge in [-0.15, -0.1) is 0 Å². The van der Waals surface area contributed by atoms with Gasteiger partial charge in [-0.3, -0.25) is 0 Å². The number of hydrogen-bond donors (Lipinski definition) is 1. The van der Waals surface area contributed by atoms with E-state index in [2.05, 4.69) is 4.72 Å². The fourth-order valence-corrected chi connectivity index (χ4v) is 6.89. The highest BCUT2D eigenvalue weighted by Gasteiger charge is 2.33. The monoisotopic (exact) mass is 494 g/mol. The van der Waals surface area contributed by atoms with Gasteiger partial charge in [-0.1, -0.05) is 31.0 Å². The summed E-state index contributed by atoms with van der Waals surface area (Å²) >= 11 is 0. The lowest BCUT2D eigenvalue weighted by atomic mass is 10.0. The van der Waals surface area contributed by atoms with E-state index in [9.17, 15) is 16.8 Å². The van der Waals surface area contributed by atoms with Crippen molar-refractivity contribution in [1.29, 1.82) is 0 Å². The average molecular weight is 495 g/mol. The standard InChI is InChI=1S/C24H34N2O5S2/c1-4-17-31-24-13-12-23(18-20(24)3)32(27,28)25-15-14-21-7-5-6-16-26(21)33(29,30)22-10-8-19(2)9-11-22/h8-13,18,21,25H,4-7,14-17H2,1-3H3. The number of piperidine rings is 1. The number of ether oxygens (including phenoxy) is 1. The maximum atomic E-state index is 13.2. The van der Waals surface area contributed by atoms with Gasteiger partial charge in [-0.05, 0) is 75.4 Å². The van der Waals surface area contributed by atoms with E-state index in [1.54, 1.807) is 40.7 Å². The smallest absolute Gasteiger partial charge is 0.243 e. The van der Waals surface area contributed by atoms with Crippen molar-refractivity contribution >= 4 is 20.0 Å². The van der Waals surface area contributed by atoms with E-state index in [1.165, 1.54) is 6.07 Å². The van der Waals surface area contributed by atoms with Gasteiger partial charge in [0.15, 0.2) is 0 Å². The van der Waals surface area contributed by atoms with Crippen LogP contribution in [0.2, 0.25) is 0 Å². The molecule has 1 aliphatic rings. The zero-order valence-electron chi connectivity index (χ0n) is 19.6. The van der Waals surface area contributed by atoms with Crippen LogP contribution in [-0.2, 0) is 20.0 Å². The first-order valence-electron chi connectivity index (χ1n) is 11.5. The fraction of sp³-hybridized carbons (Fsp3) is 0.500. The van der Waals surface area contributed by atoms with Crippen molar-refractivity contribution in [2.45, 2.75) is 68.7 Å². The van der Waals surface area contributed by atoms with E-state index in [-0.39, 0.29) is 22.4 Å². The lowest BCUT2D eigenvalue weighted by Crippen LogP contribution is -2.45. The van der Waals surface area contributed by atoms with Gasteiger partial charge in [0, 0.05) is 19.1 Å². The minimum absolute atomic E-state index is 0.167. The summed E-state index contributed by atoms with van der Waals surface area (Å²) in [6.45, 7) is 6.94. The van der Waals surface area contributed by atoms with E-state index < -0.39 is 20.0 Å². The Morgan fingerprint density at radius 3 is 2.36 bits per heavy atom. The van der Waals surface area contributed by atoms with Crippen LogP contribution in [0.25, 0.3) is 0 Å². The van der Waals surface area contributed by atoms with Crippen molar-refractivity contribution in [2.75, 3.05) is 19.7 Å². The number of aryl methyl sites for hydroxylation is 2. The Balaban J connectivity index is 1.66. The van der Waals surface area contributed by atoms with Crippen LogP contribution >= 0.6 is 0 Å². The Hall–Kier alpha value is -1.94. The molecule has 0 amide bonds. The van der Waals surface area contributed by atoms with Crippen LogP contribution in [0.1, 0.15) is 50.2 Å². The number of hydrogen-bond acceptors (Lipinski definition) is 5. The second-order valence-corrected chi connectivity index (χ2v) is 12.2. The second kappa shape index (κ2) is 11.0. The molecule has 1 N–H and O–H groups in total. The average Bonchev–Trinajstić information content (AvgIpc) is 2.78. The molecule has 2 aromatic carbocycles. The highest BCUT2D eigenvalue weighted by molar-refractivity contribution is 7.89. The van der Waals surface area contributed by atoms with Crippen LogP contribution in [0.3, 0.4) is 0 Å². The molecule has 33 heavy (non-hydrogen) atoms. The molecule has 0 bridgehead atoms. The zero-order valence-corrected chi connectivity index (χ0v) is 21.2. The molecule has 1 fully saturated rings. The molecule has 1 aliphatic heterocycles. The Labute approximate surface area is 198 Å². The third kappa shape index (κ3) is 6.35. The molecule has 7 nitrogen and oxygen atoms in total. The highest BCUT2D eigenvalue weighted by atomic mass is 32.2. The van der Waals surface area contributed by atoms with Crippen LogP contribution < -0.4 is 9.46 Å². The van der Waals surface area contributed by atoms with Crippen LogP contribution in [0, 0.1) is 13.8 Å². The van der Waals surface area contributed by atoms with Gasteiger partial charge >= 0.3 is 0 Å². The first-order chi connectivity index (χ1) is 15.6. The van der Waals surface area contributed by atoms with E-state index in [0.717, 1.165) is 36.8 Å². The lowest BCUT2D eigenvalue weighted by molar-refractivity contribution is 0.242. The van der Waals surface area contributed by atoms with Crippen LogP contribution in [0.5, 0.6) is 5.75 Å². The molecule has 1 unspecified atom stereocenters. The first-order valence-corrected chi connectivity index (χ1v) is 14.4. The van der Waals surface area contributed by atoms with E-state index in [1.807, 2.05) is 20.8 Å². The van der Waals surface area contributed by atoms with E-state index in [4.69, 9.17) is 4.74 Å². The summed E-state index contributed by atoms with van der Waals surface area (Å²) in [7, 11) is -7.33. The van der Waals surface area contributed by atoms with Crippen LogP contribution in [-0.4, -0.2) is 46.9 Å². The van der Waals surface area contributed by atoms with Gasteiger partial charge in [0.05, 0.1) is 16.4 Å². The minimum Gasteiger partial charge on any atom is -0.493 e. The Morgan fingerprint density at radius 1 is 1.00 bits per heavy atom. The summed E-state index contributed by atoms with van der Waals surface area (Å²) in [5, 5.41) is 0. The lowest BCUT2D eigenvalue weighted by Gasteiger charge is -2.34. The van der Waals surface area contributed by atoms with Gasteiger partial charge in [0.1, 0.15) is 5.75 Å². The number of rotatable bonds is 10. The highest BCUT2D eigenvalue weighted by Crippen LogP contribution is 2.27. The topological polar surface area (TPSA) is 92.8 Å². The Kier molecular flexibility index (Phi) is 8.55. The molecule has 182 valence electrons. The van der Waals surface area contributed by atoms with E-state index >= 15 is 0 Å². The SMILES string of the molecule is CCCOc1ccc(S(=O)(=O)NCCC2CCCCN2S(=O)(=O)c2ccc(C)cc2)cc1C. The van der Waals surface area contributed by atoms with Crippen molar-refractivity contribution in [3.8, 4) is 5.75 Å². The normalized spacial score (nSPS) is 17.7. The third-order valence-corrected chi connectivity index (χ3v) is 9.31. The van der Waals surface area contributed by atoms with Gasteiger partial charge in [0.2, 0.25) is 20.0 Å². The van der Waals surface area contributed by atoms with Crippen LogP contribution in [0.4, 0.5) is 0 Å². The molecule has 0 spiro atoms. The van der Waals surface area contributed by atoms with Gasteiger partial charge in [-0.25, -0.2) is 21.6 Å². The van der Waals surface area contributed by atoms with Crippen molar-refractivity contribution in [3.63, 3.8) is 0 Å². The minimum atomic E-state index is -3.70. The quantitative estimate of drug-likeness (QED) is 0.539. The molecule has 3 rings (SSSR count). The summed E-state index contributed by atoms with van der Waals surface area (Å²) in [6.07, 6.45) is 3.74. The van der Waals surface area contributed by atoms with Crippen LogP contribution in [0.15, 0.2) is 52.3 Å². The second-order valence-electron chi connectivity index (χ2n) is 8.54. The molecule has 9 heteroatoms. The predicted molar refractivity (Wildman–Crippen MR) is 129 cm³/mol. The molecule has 0 radical (unpaired) electrons. The van der Waals surface area contributed by atoms with Crippen molar-refractivity contribution < 1.29 is 21.6 Å². The van der Waals surface area contributed by atoms with Crippen molar-refractivity contribution in [2.24, 2.45) is 0 Å². The van der Waals surface area contributed by atoms with Gasteiger partial charge in [0.25, 0.3) is 0 Å². The number of sulfonamides is 2. The molecule has 1 heterocycles. The molecule has 1 atom stereocenters. The molecule has 0 aromatic heterocycles. The largest absolute Gasteiger partial charge is 0.493 e. The predicted octanol–water partition coefficient (Wildman–Crippen LogP) is 4.00. The summed E-state index contributed by atoms with van der Waals surface area (Å²) in [4.78, 5) is 0.457. The molecule has 1 saturated heterocycles. The molecule has 0 saturated carbocycles. The summed E-state index contributed by atoms with van der Waals surface area (Å²) in [6, 6.07) is 11.4. The summed E-state index contributed by atoms with van der Waals surface area (Å²) in [5.41, 5.74) is 1.76. The van der Waals surface area contributed by atoms with Crippen molar-refractivity contribution in [3.05, 3.63) is 53.6 Å². The number of nitrogens with one attached hydrogen (secondary N) is 1. The Bertz CT molecular complexity index is 1150. The molecule has 2 aromatic rings. The van der Waals surface area contributed by atoms with E-state index in [0.29, 0.717) is 25.3 Å². The maximum absolute atomic E-state index is 13.2. The summed E-state index contributed by atoms with van der Waals surface area (Å²) < 4.78 is 61.8. The summed E-state index contributed by atoms with van der Waals surface area (Å²) in [5.74, 6) is 0.676. The van der Waals surface area contributed by atoms with Gasteiger partial charge in [-0.2, -0.15) is 4.31 Å². The maximum Gasteiger partial charge on any atom is 0.243 e.